The standard InChI is InChI=1S/C29H32F3N7O3/c1-17(35-28(40)42-29(2,3)4)24(20-7-5-6-8-21(20)30)37-26-22(31)13-18(15-33)25(38-26)36-19-14-23(32)27(34-16-19)39-9-11-41-12-10-39/h5-8,13-14,16-17,24H,9-12H2,1-4H3,(H,35,40)(H2,36,37,38)/t17-,24-/m0/s1. The van der Waals surface area contributed by atoms with Gasteiger partial charge < -0.3 is 30.3 Å². The van der Waals surface area contributed by atoms with E-state index in [1.807, 2.05) is 6.07 Å². The molecular formula is C29H32F3N7O3. The highest BCUT2D eigenvalue weighted by Crippen LogP contribution is 2.30. The third-order valence-corrected chi connectivity index (χ3v) is 6.27. The first-order valence-electron chi connectivity index (χ1n) is 13.3. The van der Waals surface area contributed by atoms with Gasteiger partial charge in [-0.1, -0.05) is 18.2 Å². The monoisotopic (exact) mass is 583 g/mol. The van der Waals surface area contributed by atoms with E-state index in [0.29, 0.717) is 26.3 Å². The van der Waals surface area contributed by atoms with Gasteiger partial charge in [-0.25, -0.2) is 27.9 Å². The van der Waals surface area contributed by atoms with Crippen LogP contribution in [0, 0.1) is 28.8 Å². The molecule has 3 aromatic rings. The molecule has 13 heteroatoms. The number of carbonyl (C=O) groups is 1. The molecule has 0 aliphatic carbocycles. The lowest BCUT2D eigenvalue weighted by Crippen LogP contribution is -2.43. The van der Waals surface area contributed by atoms with Crippen LogP contribution in [0.4, 0.5) is 41.1 Å². The highest BCUT2D eigenvalue weighted by Gasteiger charge is 2.28. The largest absolute Gasteiger partial charge is 0.444 e. The lowest BCUT2D eigenvalue weighted by atomic mass is 9.99. The van der Waals surface area contributed by atoms with Crippen molar-refractivity contribution in [2.24, 2.45) is 0 Å². The average Bonchev–Trinajstić information content (AvgIpc) is 2.93. The Bertz CT molecular complexity index is 1470. The van der Waals surface area contributed by atoms with Gasteiger partial charge in [-0.3, -0.25) is 0 Å². The summed E-state index contributed by atoms with van der Waals surface area (Å²) in [7, 11) is 0. The topological polar surface area (TPSA) is 124 Å². The fourth-order valence-electron chi connectivity index (χ4n) is 4.34. The van der Waals surface area contributed by atoms with E-state index in [2.05, 4.69) is 25.9 Å². The van der Waals surface area contributed by atoms with E-state index in [4.69, 9.17) is 9.47 Å². The molecule has 1 saturated heterocycles. The van der Waals surface area contributed by atoms with Gasteiger partial charge in [0.25, 0.3) is 0 Å². The van der Waals surface area contributed by atoms with E-state index in [-0.39, 0.29) is 34.3 Å². The minimum Gasteiger partial charge on any atom is -0.444 e. The van der Waals surface area contributed by atoms with E-state index in [1.165, 1.54) is 30.5 Å². The first-order valence-corrected chi connectivity index (χ1v) is 13.3. The van der Waals surface area contributed by atoms with Crippen molar-refractivity contribution in [2.45, 2.75) is 45.4 Å². The summed E-state index contributed by atoms with van der Waals surface area (Å²) in [4.78, 5) is 22.7. The third kappa shape index (κ3) is 7.58. The number of hydrogen-bond donors (Lipinski definition) is 3. The molecule has 10 nitrogen and oxygen atoms in total. The molecule has 1 aliphatic rings. The van der Waals surface area contributed by atoms with E-state index in [1.54, 1.807) is 38.7 Å². The number of alkyl carbamates (subject to hydrolysis) is 1. The lowest BCUT2D eigenvalue weighted by Gasteiger charge is -2.29. The van der Waals surface area contributed by atoms with Gasteiger partial charge in [0, 0.05) is 24.7 Å². The Hall–Kier alpha value is -4.57. The molecule has 1 fully saturated rings. The zero-order valence-electron chi connectivity index (χ0n) is 23.7. The molecule has 42 heavy (non-hydrogen) atoms. The number of pyridine rings is 2. The number of carbonyl (C=O) groups excluding carboxylic acids is 1. The van der Waals surface area contributed by atoms with Gasteiger partial charge in [0.2, 0.25) is 0 Å². The Balaban J connectivity index is 1.63. The van der Waals surface area contributed by atoms with Crippen LogP contribution < -0.4 is 20.9 Å². The number of hydrogen-bond acceptors (Lipinski definition) is 9. The van der Waals surface area contributed by atoms with E-state index in [9.17, 15) is 18.8 Å². The zero-order chi connectivity index (χ0) is 30.4. The maximum atomic E-state index is 15.2. The van der Waals surface area contributed by atoms with E-state index >= 15 is 4.39 Å². The molecule has 0 unspecified atom stereocenters. The van der Waals surface area contributed by atoms with Crippen molar-refractivity contribution in [2.75, 3.05) is 41.8 Å². The highest BCUT2D eigenvalue weighted by molar-refractivity contribution is 5.69. The number of amides is 1. The smallest absolute Gasteiger partial charge is 0.407 e. The zero-order valence-corrected chi connectivity index (χ0v) is 23.7. The van der Waals surface area contributed by atoms with Crippen molar-refractivity contribution in [1.29, 1.82) is 5.26 Å². The SMILES string of the molecule is C[C@H](NC(=O)OC(C)(C)C)[C@H](Nc1nc(Nc2cnc(N3CCOCC3)c(F)c2)c(C#N)cc1F)c1ccccc1F. The number of nitrogens with zero attached hydrogens (tertiary/aromatic N) is 4. The minimum atomic E-state index is -1.01. The number of nitrogens with one attached hydrogen (secondary N) is 3. The summed E-state index contributed by atoms with van der Waals surface area (Å²) in [6.07, 6.45) is 0.631. The van der Waals surface area contributed by atoms with Gasteiger partial charge in [-0.2, -0.15) is 5.26 Å². The van der Waals surface area contributed by atoms with Crippen LogP contribution in [0.2, 0.25) is 0 Å². The molecular weight excluding hydrogens is 551 g/mol. The molecule has 4 rings (SSSR count). The van der Waals surface area contributed by atoms with Crippen molar-refractivity contribution in [1.82, 2.24) is 15.3 Å². The molecule has 0 spiro atoms. The van der Waals surface area contributed by atoms with Gasteiger partial charge in [0.05, 0.1) is 42.7 Å². The summed E-state index contributed by atoms with van der Waals surface area (Å²) < 4.78 is 55.7. The average molecular weight is 584 g/mol. The van der Waals surface area contributed by atoms with Crippen LogP contribution >= 0.6 is 0 Å². The van der Waals surface area contributed by atoms with Crippen molar-refractivity contribution in [3.63, 3.8) is 0 Å². The Morgan fingerprint density at radius 3 is 2.45 bits per heavy atom. The van der Waals surface area contributed by atoms with Gasteiger partial charge in [-0.15, -0.1) is 0 Å². The first-order chi connectivity index (χ1) is 19.9. The van der Waals surface area contributed by atoms with Crippen LogP contribution in [-0.2, 0) is 9.47 Å². The van der Waals surface area contributed by atoms with E-state index < -0.39 is 41.2 Å². The van der Waals surface area contributed by atoms with Crippen LogP contribution in [0.3, 0.4) is 0 Å². The van der Waals surface area contributed by atoms with Gasteiger partial charge in [-0.05, 0) is 39.8 Å². The van der Waals surface area contributed by atoms with Crippen molar-refractivity contribution >= 4 is 29.2 Å². The fourth-order valence-corrected chi connectivity index (χ4v) is 4.34. The normalized spacial score (nSPS) is 14.9. The summed E-state index contributed by atoms with van der Waals surface area (Å²) >= 11 is 0. The Morgan fingerprint density at radius 2 is 1.81 bits per heavy atom. The second kappa shape index (κ2) is 12.9. The molecule has 2 aromatic heterocycles. The van der Waals surface area contributed by atoms with Gasteiger partial charge in [0.1, 0.15) is 17.5 Å². The Morgan fingerprint density at radius 1 is 1.10 bits per heavy atom. The van der Waals surface area contributed by atoms with Crippen LogP contribution in [0.1, 0.15) is 44.9 Å². The number of halogens is 3. The third-order valence-electron chi connectivity index (χ3n) is 6.27. The summed E-state index contributed by atoms with van der Waals surface area (Å²) in [6, 6.07) is 8.03. The van der Waals surface area contributed by atoms with Gasteiger partial charge in [0.15, 0.2) is 29.1 Å². The molecule has 1 aromatic carbocycles. The number of ether oxygens (including phenoxy) is 2. The summed E-state index contributed by atoms with van der Waals surface area (Å²) in [6.45, 7) is 8.61. The van der Waals surface area contributed by atoms with Gasteiger partial charge >= 0.3 is 6.09 Å². The highest BCUT2D eigenvalue weighted by atomic mass is 19.1. The van der Waals surface area contributed by atoms with Crippen LogP contribution in [0.25, 0.3) is 0 Å². The predicted molar refractivity (Wildman–Crippen MR) is 151 cm³/mol. The molecule has 0 bridgehead atoms. The summed E-state index contributed by atoms with van der Waals surface area (Å²) in [5, 5.41) is 18.0. The summed E-state index contributed by atoms with van der Waals surface area (Å²) in [5.41, 5.74) is -0.623. The fraction of sp³-hybridized carbons (Fsp3) is 0.379. The maximum absolute atomic E-state index is 15.2. The number of aromatic nitrogens is 2. The lowest BCUT2D eigenvalue weighted by molar-refractivity contribution is 0.0503. The van der Waals surface area contributed by atoms with Crippen LogP contribution in [-0.4, -0.2) is 54.0 Å². The first kappa shape index (κ1) is 30.4. The molecule has 0 radical (unpaired) electrons. The number of anilines is 4. The summed E-state index contributed by atoms with van der Waals surface area (Å²) in [5.74, 6) is -2.33. The van der Waals surface area contributed by atoms with Crippen molar-refractivity contribution in [3.05, 3.63) is 71.2 Å². The molecule has 1 amide bonds. The predicted octanol–water partition coefficient (Wildman–Crippen LogP) is 5.41. The number of benzene rings is 1. The molecule has 3 N–H and O–H groups in total. The van der Waals surface area contributed by atoms with E-state index in [0.717, 1.165) is 6.07 Å². The molecule has 222 valence electrons. The second-order valence-corrected chi connectivity index (χ2v) is 10.7. The molecule has 1 aliphatic heterocycles. The quantitative estimate of drug-likeness (QED) is 0.319. The minimum absolute atomic E-state index is 0.0817. The Labute approximate surface area is 241 Å². The van der Waals surface area contributed by atoms with Crippen molar-refractivity contribution < 1.29 is 27.4 Å². The van der Waals surface area contributed by atoms with Crippen LogP contribution in [0.15, 0.2) is 42.6 Å². The number of nitriles is 1. The maximum Gasteiger partial charge on any atom is 0.407 e. The van der Waals surface area contributed by atoms with Crippen molar-refractivity contribution in [3.8, 4) is 6.07 Å². The molecule has 0 saturated carbocycles. The number of rotatable bonds is 8. The molecule has 3 heterocycles. The molecule has 2 atom stereocenters. The second-order valence-electron chi connectivity index (χ2n) is 10.7. The number of morpholine rings is 1. The Kier molecular flexibility index (Phi) is 9.37. The van der Waals surface area contributed by atoms with Crippen LogP contribution in [0.5, 0.6) is 0 Å².